The van der Waals surface area contributed by atoms with Crippen molar-refractivity contribution in [2.45, 2.75) is 31.7 Å². The minimum atomic E-state index is -0.649. The third kappa shape index (κ3) is 4.75. The molecule has 2 aromatic carbocycles. The average Bonchev–Trinajstić information content (AvgIpc) is 3.69. The van der Waals surface area contributed by atoms with Gasteiger partial charge in [-0.1, -0.05) is 36.4 Å². The van der Waals surface area contributed by atoms with E-state index >= 15 is 0 Å². The number of aromatic nitrogens is 4. The molecule has 2 aromatic heterocycles. The van der Waals surface area contributed by atoms with Crippen LogP contribution in [0.1, 0.15) is 51.6 Å². The van der Waals surface area contributed by atoms with Gasteiger partial charge in [-0.15, -0.1) is 4.99 Å². The SMILES string of the molecule is C[C@](C(=N)N=C([OH2+])c1cnn(CCN2C(=O)c3ccccc3C2=O)c1)(c1ccc(-c2cnc(N)nc2)cc1)C1CC1. The molecule has 0 radical (unpaired) electrons. The van der Waals surface area contributed by atoms with Crippen molar-refractivity contribution in [3.63, 3.8) is 0 Å². The van der Waals surface area contributed by atoms with Gasteiger partial charge in [0.05, 0.1) is 29.3 Å². The zero-order valence-corrected chi connectivity index (χ0v) is 22.4. The molecule has 2 aliphatic rings. The van der Waals surface area contributed by atoms with Crippen molar-refractivity contribution in [1.29, 1.82) is 5.41 Å². The van der Waals surface area contributed by atoms with Gasteiger partial charge in [0.15, 0.2) is 0 Å². The smallest absolute Gasteiger partial charge is 0.369 e. The highest BCUT2D eigenvalue weighted by molar-refractivity contribution is 6.21. The maximum absolute atomic E-state index is 12.6. The number of anilines is 1. The van der Waals surface area contributed by atoms with E-state index in [1.165, 1.54) is 11.1 Å². The van der Waals surface area contributed by atoms with Crippen LogP contribution in [0.3, 0.4) is 0 Å². The van der Waals surface area contributed by atoms with Gasteiger partial charge in [-0.25, -0.2) is 9.97 Å². The topological polar surface area (TPSA) is 166 Å². The zero-order chi connectivity index (χ0) is 28.7. The molecular weight excluding hydrogens is 520 g/mol. The van der Waals surface area contributed by atoms with Gasteiger partial charge in [0, 0.05) is 30.7 Å². The number of nitrogens with one attached hydrogen (secondary N) is 1. The van der Waals surface area contributed by atoms with Crippen LogP contribution in [0.25, 0.3) is 11.1 Å². The molecular formula is C30H29N8O3+. The molecule has 1 aliphatic heterocycles. The molecule has 1 aliphatic carbocycles. The summed E-state index contributed by atoms with van der Waals surface area (Å²) in [5, 5.41) is 21.8. The summed E-state index contributed by atoms with van der Waals surface area (Å²) in [6.45, 7) is 2.45. The van der Waals surface area contributed by atoms with Gasteiger partial charge in [0.1, 0.15) is 11.4 Å². The minimum Gasteiger partial charge on any atom is -0.578 e. The summed E-state index contributed by atoms with van der Waals surface area (Å²) in [5.74, 6) is -0.0966. The summed E-state index contributed by atoms with van der Waals surface area (Å²) < 4.78 is 1.58. The van der Waals surface area contributed by atoms with Crippen LogP contribution in [-0.4, -0.2) is 59.8 Å². The van der Waals surface area contributed by atoms with E-state index in [4.69, 9.17) is 16.2 Å². The maximum atomic E-state index is 12.6. The molecule has 0 bridgehead atoms. The lowest BCUT2D eigenvalue weighted by atomic mass is 9.76. The van der Waals surface area contributed by atoms with E-state index in [1.54, 1.807) is 47.5 Å². The molecule has 2 amide bonds. The highest BCUT2D eigenvalue weighted by Gasteiger charge is 2.47. The summed E-state index contributed by atoms with van der Waals surface area (Å²) in [5.41, 5.74) is 8.97. The first-order valence-corrected chi connectivity index (χ1v) is 13.3. The minimum absolute atomic E-state index is 0.0653. The lowest BCUT2D eigenvalue weighted by molar-refractivity contribution is 0.0647. The molecule has 11 nitrogen and oxygen atoms in total. The molecule has 0 unspecified atom stereocenters. The Hall–Kier alpha value is -5.19. The van der Waals surface area contributed by atoms with E-state index in [0.717, 1.165) is 29.5 Å². The summed E-state index contributed by atoms with van der Waals surface area (Å²) in [4.78, 5) is 39.0. The summed E-state index contributed by atoms with van der Waals surface area (Å²) in [6, 6.07) is 14.7. The molecule has 206 valence electrons. The molecule has 3 heterocycles. The average molecular weight is 550 g/mol. The van der Waals surface area contributed by atoms with Crippen molar-refractivity contribution in [2.24, 2.45) is 10.9 Å². The monoisotopic (exact) mass is 549 g/mol. The Kier molecular flexibility index (Phi) is 6.41. The van der Waals surface area contributed by atoms with Crippen molar-refractivity contribution in [3.05, 3.63) is 95.6 Å². The molecule has 11 heteroatoms. The summed E-state index contributed by atoms with van der Waals surface area (Å²) >= 11 is 0. The van der Waals surface area contributed by atoms with Gasteiger partial charge >= 0.3 is 5.90 Å². The zero-order valence-electron chi connectivity index (χ0n) is 22.4. The Morgan fingerprint density at radius 1 is 1.00 bits per heavy atom. The Morgan fingerprint density at radius 2 is 1.63 bits per heavy atom. The number of imide groups is 1. The van der Waals surface area contributed by atoms with Gasteiger partial charge in [-0.2, -0.15) is 5.10 Å². The van der Waals surface area contributed by atoms with Crippen LogP contribution in [0.15, 0.2) is 78.3 Å². The number of nitrogens with zero attached hydrogens (tertiary/aromatic N) is 6. The Labute approximate surface area is 235 Å². The number of fused-ring (bicyclic) bond motifs is 1. The van der Waals surface area contributed by atoms with Crippen LogP contribution >= 0.6 is 0 Å². The molecule has 6 rings (SSSR count). The van der Waals surface area contributed by atoms with Crippen molar-refractivity contribution in [2.75, 3.05) is 12.3 Å². The third-order valence-electron chi connectivity index (χ3n) is 7.94. The lowest BCUT2D eigenvalue weighted by Gasteiger charge is -2.28. The fourth-order valence-electron chi connectivity index (χ4n) is 5.27. The van der Waals surface area contributed by atoms with Crippen molar-refractivity contribution in [3.8, 4) is 11.1 Å². The summed E-state index contributed by atoms with van der Waals surface area (Å²) in [7, 11) is 0. The first-order chi connectivity index (χ1) is 19.8. The van der Waals surface area contributed by atoms with Crippen LogP contribution < -0.4 is 5.73 Å². The predicted molar refractivity (Wildman–Crippen MR) is 154 cm³/mol. The highest BCUT2D eigenvalue weighted by Crippen LogP contribution is 2.48. The van der Waals surface area contributed by atoms with Crippen LogP contribution in [0, 0.1) is 11.3 Å². The number of carbonyl (C=O) groups excluding carboxylic acids is 2. The molecule has 1 saturated carbocycles. The molecule has 4 aromatic rings. The number of amides is 2. The number of nitrogen functional groups attached to an aromatic ring is 1. The second-order valence-corrected chi connectivity index (χ2v) is 10.5. The molecule has 1 atom stereocenters. The number of amidine groups is 1. The van der Waals surface area contributed by atoms with Crippen molar-refractivity contribution >= 4 is 29.5 Å². The Bertz CT molecular complexity index is 1650. The predicted octanol–water partition coefficient (Wildman–Crippen LogP) is 3.03. The van der Waals surface area contributed by atoms with E-state index < -0.39 is 5.41 Å². The van der Waals surface area contributed by atoms with E-state index in [2.05, 4.69) is 20.1 Å². The number of carbonyl (C=O) groups is 2. The number of benzene rings is 2. The van der Waals surface area contributed by atoms with Gasteiger partial charge in [-0.3, -0.25) is 24.6 Å². The summed E-state index contributed by atoms with van der Waals surface area (Å²) in [6.07, 6.45) is 8.50. The quantitative estimate of drug-likeness (QED) is 0.148. The van der Waals surface area contributed by atoms with E-state index in [0.29, 0.717) is 16.7 Å². The van der Waals surface area contributed by atoms with E-state index in [-0.39, 0.29) is 48.5 Å². The largest absolute Gasteiger partial charge is 0.578 e. The Balaban J connectivity index is 1.16. The van der Waals surface area contributed by atoms with Crippen LogP contribution in [0.5, 0.6) is 0 Å². The second-order valence-electron chi connectivity index (χ2n) is 10.5. The number of hydrogen-bond acceptors (Lipinski definition) is 7. The van der Waals surface area contributed by atoms with Crippen molar-refractivity contribution < 1.29 is 14.7 Å². The van der Waals surface area contributed by atoms with Crippen LogP contribution in [0.2, 0.25) is 0 Å². The fourth-order valence-corrected chi connectivity index (χ4v) is 5.27. The normalized spacial score (nSPS) is 16.5. The third-order valence-corrected chi connectivity index (χ3v) is 7.94. The highest BCUT2D eigenvalue weighted by atomic mass is 16.3. The first kappa shape index (κ1) is 26.1. The lowest BCUT2D eigenvalue weighted by Crippen LogP contribution is -2.34. The molecule has 1 fully saturated rings. The van der Waals surface area contributed by atoms with E-state index in [9.17, 15) is 9.59 Å². The molecule has 5 N–H and O–H groups in total. The van der Waals surface area contributed by atoms with Crippen LogP contribution in [0.4, 0.5) is 5.95 Å². The molecule has 41 heavy (non-hydrogen) atoms. The number of hydrogen-bond donors (Lipinski definition) is 2. The van der Waals surface area contributed by atoms with Gasteiger partial charge in [0.2, 0.25) is 5.95 Å². The second kappa shape index (κ2) is 10.1. The van der Waals surface area contributed by atoms with Gasteiger partial charge in [-0.05, 0) is 48.9 Å². The van der Waals surface area contributed by atoms with Crippen molar-refractivity contribution in [1.82, 2.24) is 24.6 Å². The van der Waals surface area contributed by atoms with Gasteiger partial charge < -0.3 is 10.8 Å². The Morgan fingerprint density at radius 3 is 2.24 bits per heavy atom. The number of rotatable bonds is 8. The molecule has 0 spiro atoms. The first-order valence-electron chi connectivity index (χ1n) is 13.3. The molecule has 0 saturated heterocycles. The van der Waals surface area contributed by atoms with Crippen LogP contribution in [-0.2, 0) is 12.0 Å². The van der Waals surface area contributed by atoms with E-state index in [1.807, 2.05) is 31.2 Å². The maximum Gasteiger partial charge on any atom is 0.369 e. The van der Waals surface area contributed by atoms with Gasteiger partial charge in [0.25, 0.3) is 11.8 Å². The number of aliphatic imine (C=N–C) groups is 1. The standard InChI is InChI=1S/C30H28N8O3/c1-30(22-10-11-22,21-8-6-18(7-9-21)19-14-33-29(32)34-15-19)28(31)36-25(39)20-16-35-37(17-20)12-13-38-26(40)23-4-2-3-5-24(23)27(38)41/h2-9,14-17,22H,10-13H2,1H3,(H2,31,36,39)(H2,32,33,34)/p+1/t30-/m0/s1. The fraction of sp³-hybridized carbons (Fsp3) is 0.233. The number of nitrogens with two attached hydrogens (primary N) is 1.